The average Bonchev–Trinajstić information content (AvgIpc) is 3.17. The Bertz CT molecular complexity index is 958. The molecule has 1 unspecified atom stereocenters. The van der Waals surface area contributed by atoms with Gasteiger partial charge in [0.05, 0.1) is 11.5 Å². The van der Waals surface area contributed by atoms with Gasteiger partial charge in [0.2, 0.25) is 5.91 Å². The lowest BCUT2D eigenvalue weighted by Crippen LogP contribution is -2.53. The third-order valence-corrected chi connectivity index (χ3v) is 6.49. The number of likely N-dealkylation sites (tertiary alicyclic amines) is 1. The van der Waals surface area contributed by atoms with Gasteiger partial charge in [-0.05, 0) is 38.3 Å². The molecule has 2 aromatic rings. The molecule has 1 atom stereocenters. The molecule has 0 saturated carbocycles. The highest BCUT2D eigenvalue weighted by atomic mass is 16.3. The van der Waals surface area contributed by atoms with Crippen molar-refractivity contribution in [1.29, 1.82) is 0 Å². The van der Waals surface area contributed by atoms with Crippen LogP contribution in [0.1, 0.15) is 40.3 Å². The standard InChI is InChI=1S/C26H33N3O3/c1-20-18-24(21(2)32-20)26(31)29-13-7-11-23(19-29)25(30)28-16-14-27(15-17-28)12-6-10-22-8-4-3-5-9-22/h3-6,8-10,18,23H,7,11-17,19H2,1-2H3/b10-6+. The van der Waals surface area contributed by atoms with Crippen LogP contribution in [0.2, 0.25) is 0 Å². The van der Waals surface area contributed by atoms with Crippen molar-refractivity contribution in [1.82, 2.24) is 14.7 Å². The van der Waals surface area contributed by atoms with E-state index >= 15 is 0 Å². The van der Waals surface area contributed by atoms with Crippen LogP contribution < -0.4 is 0 Å². The van der Waals surface area contributed by atoms with Gasteiger partial charge >= 0.3 is 0 Å². The number of hydrogen-bond acceptors (Lipinski definition) is 4. The summed E-state index contributed by atoms with van der Waals surface area (Å²) in [5.74, 6) is 1.46. The molecule has 0 aliphatic carbocycles. The summed E-state index contributed by atoms with van der Waals surface area (Å²) in [4.78, 5) is 32.3. The first kappa shape index (κ1) is 22.3. The highest BCUT2D eigenvalue weighted by Crippen LogP contribution is 2.23. The Morgan fingerprint density at radius 1 is 1.03 bits per heavy atom. The third-order valence-electron chi connectivity index (χ3n) is 6.49. The number of piperidine rings is 1. The quantitative estimate of drug-likeness (QED) is 0.720. The summed E-state index contributed by atoms with van der Waals surface area (Å²) in [5.41, 5.74) is 1.83. The molecule has 6 heteroatoms. The number of aryl methyl sites for hydroxylation is 2. The van der Waals surface area contributed by atoms with Crippen molar-refractivity contribution in [3.8, 4) is 0 Å². The van der Waals surface area contributed by atoms with E-state index in [0.29, 0.717) is 24.4 Å². The van der Waals surface area contributed by atoms with E-state index in [9.17, 15) is 9.59 Å². The number of rotatable bonds is 5. The maximum absolute atomic E-state index is 13.2. The number of carbonyl (C=O) groups is 2. The fourth-order valence-corrected chi connectivity index (χ4v) is 4.69. The van der Waals surface area contributed by atoms with Gasteiger partial charge in [-0.3, -0.25) is 14.5 Å². The fraction of sp³-hybridized carbons (Fsp3) is 0.462. The van der Waals surface area contributed by atoms with Crippen LogP contribution in [0.3, 0.4) is 0 Å². The minimum absolute atomic E-state index is 0.0214. The lowest BCUT2D eigenvalue weighted by molar-refractivity contribution is -0.138. The molecule has 2 aliphatic heterocycles. The Morgan fingerprint density at radius 2 is 1.78 bits per heavy atom. The number of amides is 2. The van der Waals surface area contributed by atoms with Crippen LogP contribution in [0.5, 0.6) is 0 Å². The van der Waals surface area contributed by atoms with E-state index in [1.54, 1.807) is 6.07 Å². The molecular weight excluding hydrogens is 402 g/mol. The van der Waals surface area contributed by atoms with Gasteiger partial charge in [-0.25, -0.2) is 0 Å². The second-order valence-electron chi connectivity index (χ2n) is 8.86. The lowest BCUT2D eigenvalue weighted by atomic mass is 9.95. The number of furan rings is 1. The van der Waals surface area contributed by atoms with E-state index in [2.05, 4.69) is 29.2 Å². The molecule has 32 heavy (non-hydrogen) atoms. The minimum atomic E-state index is -0.106. The van der Waals surface area contributed by atoms with Crippen molar-refractivity contribution >= 4 is 17.9 Å². The van der Waals surface area contributed by atoms with Crippen molar-refractivity contribution in [3.63, 3.8) is 0 Å². The van der Waals surface area contributed by atoms with E-state index in [1.807, 2.05) is 41.8 Å². The van der Waals surface area contributed by atoms with Crippen LogP contribution in [-0.2, 0) is 4.79 Å². The van der Waals surface area contributed by atoms with Crippen LogP contribution in [-0.4, -0.2) is 72.3 Å². The maximum atomic E-state index is 13.2. The molecule has 0 spiro atoms. The predicted molar refractivity (Wildman–Crippen MR) is 125 cm³/mol. The zero-order chi connectivity index (χ0) is 22.5. The minimum Gasteiger partial charge on any atom is -0.466 e. The van der Waals surface area contributed by atoms with E-state index in [0.717, 1.165) is 51.3 Å². The summed E-state index contributed by atoms with van der Waals surface area (Å²) >= 11 is 0. The van der Waals surface area contributed by atoms with Crippen LogP contribution in [0, 0.1) is 19.8 Å². The summed E-state index contributed by atoms with van der Waals surface area (Å²) in [5, 5.41) is 0. The number of benzene rings is 1. The molecule has 3 heterocycles. The van der Waals surface area contributed by atoms with Crippen molar-refractivity contribution < 1.29 is 14.0 Å². The molecule has 2 amide bonds. The van der Waals surface area contributed by atoms with E-state index in [1.165, 1.54) is 5.56 Å². The molecule has 2 aliphatic rings. The molecule has 6 nitrogen and oxygen atoms in total. The van der Waals surface area contributed by atoms with Crippen LogP contribution in [0.25, 0.3) is 6.08 Å². The number of hydrogen-bond donors (Lipinski definition) is 0. The van der Waals surface area contributed by atoms with Gasteiger partial charge in [-0.1, -0.05) is 42.5 Å². The summed E-state index contributed by atoms with van der Waals surface area (Å²) < 4.78 is 5.53. The normalized spacial score (nSPS) is 20.1. The second kappa shape index (κ2) is 10.2. The van der Waals surface area contributed by atoms with E-state index < -0.39 is 0 Å². The molecule has 2 fully saturated rings. The number of piperazine rings is 1. The predicted octanol–water partition coefficient (Wildman–Crippen LogP) is 3.61. The second-order valence-corrected chi connectivity index (χ2v) is 8.86. The Labute approximate surface area is 190 Å². The Hall–Kier alpha value is -2.86. The first-order valence-electron chi connectivity index (χ1n) is 11.6. The van der Waals surface area contributed by atoms with Gasteiger partial charge < -0.3 is 14.2 Å². The van der Waals surface area contributed by atoms with Gasteiger partial charge in [0.1, 0.15) is 11.5 Å². The highest BCUT2D eigenvalue weighted by Gasteiger charge is 2.33. The Kier molecular flexibility index (Phi) is 7.10. The summed E-state index contributed by atoms with van der Waals surface area (Å²) in [6.07, 6.45) is 6.06. The van der Waals surface area contributed by atoms with Crippen LogP contribution in [0.4, 0.5) is 0 Å². The van der Waals surface area contributed by atoms with Gasteiger partial charge in [0, 0.05) is 45.8 Å². The van der Waals surface area contributed by atoms with Crippen molar-refractivity contribution in [2.75, 3.05) is 45.8 Å². The molecule has 1 aromatic carbocycles. The van der Waals surface area contributed by atoms with Crippen LogP contribution >= 0.6 is 0 Å². The van der Waals surface area contributed by atoms with Crippen molar-refractivity contribution in [3.05, 3.63) is 65.1 Å². The largest absolute Gasteiger partial charge is 0.466 e. The molecular formula is C26H33N3O3. The smallest absolute Gasteiger partial charge is 0.257 e. The van der Waals surface area contributed by atoms with Crippen molar-refractivity contribution in [2.45, 2.75) is 26.7 Å². The van der Waals surface area contributed by atoms with Gasteiger partial charge in [0.25, 0.3) is 5.91 Å². The maximum Gasteiger partial charge on any atom is 0.257 e. The van der Waals surface area contributed by atoms with Gasteiger partial charge in [-0.15, -0.1) is 0 Å². The van der Waals surface area contributed by atoms with E-state index in [4.69, 9.17) is 4.42 Å². The molecule has 1 aromatic heterocycles. The molecule has 0 radical (unpaired) electrons. The summed E-state index contributed by atoms with van der Waals surface area (Å²) in [6.45, 7) is 9.04. The van der Waals surface area contributed by atoms with Gasteiger partial charge in [-0.2, -0.15) is 0 Å². The SMILES string of the molecule is Cc1cc(C(=O)N2CCCC(C(=O)N3CCN(C/C=C/c4ccccc4)CC3)C2)c(C)o1. The average molecular weight is 436 g/mol. The Balaban J connectivity index is 1.27. The molecule has 0 bridgehead atoms. The third kappa shape index (κ3) is 5.30. The summed E-state index contributed by atoms with van der Waals surface area (Å²) in [6, 6.07) is 12.1. The first-order chi connectivity index (χ1) is 15.5. The molecule has 170 valence electrons. The highest BCUT2D eigenvalue weighted by molar-refractivity contribution is 5.95. The van der Waals surface area contributed by atoms with E-state index in [-0.39, 0.29) is 17.7 Å². The Morgan fingerprint density at radius 3 is 2.47 bits per heavy atom. The summed E-state index contributed by atoms with van der Waals surface area (Å²) in [7, 11) is 0. The molecule has 0 N–H and O–H groups in total. The zero-order valence-electron chi connectivity index (χ0n) is 19.1. The zero-order valence-corrected chi connectivity index (χ0v) is 19.1. The number of carbonyl (C=O) groups excluding carboxylic acids is 2. The lowest BCUT2D eigenvalue weighted by Gasteiger charge is -2.38. The van der Waals surface area contributed by atoms with Gasteiger partial charge in [0.15, 0.2) is 0 Å². The number of nitrogens with zero attached hydrogens (tertiary/aromatic N) is 3. The van der Waals surface area contributed by atoms with Crippen LogP contribution in [0.15, 0.2) is 46.9 Å². The topological polar surface area (TPSA) is 57.0 Å². The molecule has 2 saturated heterocycles. The fourth-order valence-electron chi connectivity index (χ4n) is 4.69. The first-order valence-corrected chi connectivity index (χ1v) is 11.6. The molecule has 4 rings (SSSR count). The monoisotopic (exact) mass is 435 g/mol. The van der Waals surface area contributed by atoms with Crippen molar-refractivity contribution in [2.24, 2.45) is 5.92 Å².